The van der Waals surface area contributed by atoms with Crippen molar-refractivity contribution in [1.82, 2.24) is 5.32 Å². The van der Waals surface area contributed by atoms with E-state index in [2.05, 4.69) is 41.7 Å². The Balaban J connectivity index is 1.58. The first-order valence-corrected chi connectivity index (χ1v) is 7.97. The maximum Gasteiger partial charge on any atom is 0.119 e. The van der Waals surface area contributed by atoms with Gasteiger partial charge >= 0.3 is 0 Å². The van der Waals surface area contributed by atoms with E-state index in [1.165, 1.54) is 44.2 Å². The molecule has 1 aliphatic heterocycles. The standard InChI is InChI=1S/C18H27NO/c1-2-7-16-10-12-18(13-11-16)20-15-6-4-9-17-8-3-5-14-19-17/h2,7,10-13,17,19H,3-6,8-9,14-15H2,1H3. The minimum atomic E-state index is 0.754. The van der Waals surface area contributed by atoms with Crippen molar-refractivity contribution in [3.8, 4) is 5.75 Å². The van der Waals surface area contributed by atoms with Gasteiger partial charge in [0.05, 0.1) is 6.61 Å². The highest BCUT2D eigenvalue weighted by Gasteiger charge is 2.11. The smallest absolute Gasteiger partial charge is 0.119 e. The number of benzene rings is 1. The van der Waals surface area contributed by atoms with E-state index < -0.39 is 0 Å². The lowest BCUT2D eigenvalue weighted by Gasteiger charge is -2.23. The molecular weight excluding hydrogens is 246 g/mol. The van der Waals surface area contributed by atoms with Crippen molar-refractivity contribution in [2.75, 3.05) is 13.2 Å². The minimum absolute atomic E-state index is 0.754. The minimum Gasteiger partial charge on any atom is -0.494 e. The molecule has 1 N–H and O–H groups in total. The third kappa shape index (κ3) is 5.38. The molecule has 0 radical (unpaired) electrons. The third-order valence-electron chi connectivity index (χ3n) is 3.87. The van der Waals surface area contributed by atoms with Crippen LogP contribution < -0.4 is 10.1 Å². The Hall–Kier alpha value is -1.28. The Labute approximate surface area is 123 Å². The van der Waals surface area contributed by atoms with E-state index in [1.807, 2.05) is 6.92 Å². The Morgan fingerprint density at radius 2 is 2.05 bits per heavy atom. The zero-order valence-electron chi connectivity index (χ0n) is 12.6. The summed E-state index contributed by atoms with van der Waals surface area (Å²) in [5.41, 5.74) is 1.23. The molecule has 0 amide bonds. The Morgan fingerprint density at radius 3 is 2.75 bits per heavy atom. The largest absolute Gasteiger partial charge is 0.494 e. The van der Waals surface area contributed by atoms with Crippen LogP contribution >= 0.6 is 0 Å². The fraction of sp³-hybridized carbons (Fsp3) is 0.556. The van der Waals surface area contributed by atoms with Gasteiger partial charge in [0.15, 0.2) is 0 Å². The molecule has 1 aliphatic rings. The number of allylic oxidation sites excluding steroid dienone is 1. The second kappa shape index (κ2) is 8.80. The number of ether oxygens (including phenoxy) is 1. The average Bonchev–Trinajstić information content (AvgIpc) is 2.50. The summed E-state index contributed by atoms with van der Waals surface area (Å²) in [5.74, 6) is 0.981. The summed E-state index contributed by atoms with van der Waals surface area (Å²) in [4.78, 5) is 0. The molecule has 1 aromatic carbocycles. The van der Waals surface area contributed by atoms with Crippen LogP contribution in [0.1, 0.15) is 51.0 Å². The number of unbranched alkanes of at least 4 members (excludes halogenated alkanes) is 1. The molecule has 2 rings (SSSR count). The predicted octanol–water partition coefficient (Wildman–Crippen LogP) is 4.41. The quantitative estimate of drug-likeness (QED) is 0.743. The van der Waals surface area contributed by atoms with Crippen LogP contribution in [-0.2, 0) is 0 Å². The lowest BCUT2D eigenvalue weighted by molar-refractivity contribution is 0.295. The SMILES string of the molecule is CC=Cc1ccc(OCCCCC2CCCCN2)cc1. The average molecular weight is 273 g/mol. The van der Waals surface area contributed by atoms with Crippen LogP contribution in [-0.4, -0.2) is 19.2 Å². The lowest BCUT2D eigenvalue weighted by Crippen LogP contribution is -2.33. The summed E-state index contributed by atoms with van der Waals surface area (Å²) in [6.07, 6.45) is 12.0. The summed E-state index contributed by atoms with van der Waals surface area (Å²) in [5, 5.41) is 3.60. The van der Waals surface area contributed by atoms with Gasteiger partial charge in [-0.1, -0.05) is 30.7 Å². The number of nitrogens with one attached hydrogen (secondary N) is 1. The molecule has 20 heavy (non-hydrogen) atoms. The van der Waals surface area contributed by atoms with Crippen LogP contribution in [0.5, 0.6) is 5.75 Å². The van der Waals surface area contributed by atoms with Gasteiger partial charge in [-0.3, -0.25) is 0 Å². The predicted molar refractivity (Wildman–Crippen MR) is 86.1 cm³/mol. The summed E-state index contributed by atoms with van der Waals surface area (Å²) < 4.78 is 5.78. The third-order valence-corrected chi connectivity index (χ3v) is 3.87. The fourth-order valence-corrected chi connectivity index (χ4v) is 2.72. The van der Waals surface area contributed by atoms with Gasteiger partial charge in [0.25, 0.3) is 0 Å². The molecule has 0 saturated carbocycles. The molecule has 1 aromatic rings. The molecule has 1 atom stereocenters. The molecule has 1 saturated heterocycles. The van der Waals surface area contributed by atoms with Gasteiger partial charge in [-0.05, 0) is 63.3 Å². The second-order valence-corrected chi connectivity index (χ2v) is 5.56. The highest BCUT2D eigenvalue weighted by atomic mass is 16.5. The molecule has 110 valence electrons. The first-order chi connectivity index (χ1) is 9.88. The second-order valence-electron chi connectivity index (χ2n) is 5.56. The van der Waals surface area contributed by atoms with Crippen LogP contribution in [0.2, 0.25) is 0 Å². The summed E-state index contributed by atoms with van der Waals surface area (Å²) in [7, 11) is 0. The number of piperidine rings is 1. The van der Waals surface area contributed by atoms with Crippen molar-refractivity contribution in [2.24, 2.45) is 0 Å². The molecule has 2 nitrogen and oxygen atoms in total. The van der Waals surface area contributed by atoms with Gasteiger partial charge in [0, 0.05) is 6.04 Å². The molecule has 0 bridgehead atoms. The van der Waals surface area contributed by atoms with Crippen LogP contribution in [0, 0.1) is 0 Å². The maximum atomic E-state index is 5.78. The van der Waals surface area contributed by atoms with Gasteiger partial charge in [-0.25, -0.2) is 0 Å². The molecule has 2 heteroatoms. The van der Waals surface area contributed by atoms with Crippen molar-refractivity contribution >= 4 is 6.08 Å². The van der Waals surface area contributed by atoms with Crippen molar-refractivity contribution in [1.29, 1.82) is 0 Å². The van der Waals surface area contributed by atoms with E-state index in [0.717, 1.165) is 24.8 Å². The van der Waals surface area contributed by atoms with Crippen molar-refractivity contribution in [2.45, 2.75) is 51.5 Å². The monoisotopic (exact) mass is 273 g/mol. The zero-order chi connectivity index (χ0) is 14.0. The van der Waals surface area contributed by atoms with Gasteiger partial charge in [0.2, 0.25) is 0 Å². The van der Waals surface area contributed by atoms with Gasteiger partial charge in [-0.15, -0.1) is 0 Å². The number of hydrogen-bond acceptors (Lipinski definition) is 2. The molecule has 0 aromatic heterocycles. The molecule has 1 unspecified atom stereocenters. The van der Waals surface area contributed by atoms with Gasteiger partial charge < -0.3 is 10.1 Å². The fourth-order valence-electron chi connectivity index (χ4n) is 2.72. The highest BCUT2D eigenvalue weighted by molar-refractivity contribution is 5.50. The molecular formula is C18H27NO. The zero-order valence-corrected chi connectivity index (χ0v) is 12.6. The number of rotatable bonds is 7. The molecule has 1 fully saturated rings. The van der Waals surface area contributed by atoms with Crippen LogP contribution in [0.25, 0.3) is 6.08 Å². The van der Waals surface area contributed by atoms with E-state index in [9.17, 15) is 0 Å². The Bertz CT molecular complexity index is 390. The maximum absolute atomic E-state index is 5.78. The van der Waals surface area contributed by atoms with Crippen LogP contribution in [0.3, 0.4) is 0 Å². The summed E-state index contributed by atoms with van der Waals surface area (Å²) >= 11 is 0. The van der Waals surface area contributed by atoms with E-state index in [1.54, 1.807) is 0 Å². The Kier molecular flexibility index (Phi) is 6.65. The van der Waals surface area contributed by atoms with Crippen molar-refractivity contribution < 1.29 is 4.74 Å². The van der Waals surface area contributed by atoms with Gasteiger partial charge in [-0.2, -0.15) is 0 Å². The van der Waals surface area contributed by atoms with Crippen LogP contribution in [0.4, 0.5) is 0 Å². The van der Waals surface area contributed by atoms with Crippen molar-refractivity contribution in [3.05, 3.63) is 35.9 Å². The topological polar surface area (TPSA) is 21.3 Å². The van der Waals surface area contributed by atoms with E-state index in [-0.39, 0.29) is 0 Å². The lowest BCUT2D eigenvalue weighted by atomic mass is 10.00. The molecule has 0 aliphatic carbocycles. The van der Waals surface area contributed by atoms with Gasteiger partial charge in [0.1, 0.15) is 5.75 Å². The van der Waals surface area contributed by atoms with Crippen LogP contribution in [0.15, 0.2) is 30.3 Å². The summed E-state index contributed by atoms with van der Waals surface area (Å²) in [6, 6.07) is 9.06. The highest BCUT2D eigenvalue weighted by Crippen LogP contribution is 2.15. The van der Waals surface area contributed by atoms with E-state index in [0.29, 0.717) is 0 Å². The first kappa shape index (κ1) is 15.1. The summed E-state index contributed by atoms with van der Waals surface area (Å²) in [6.45, 7) is 4.07. The first-order valence-electron chi connectivity index (χ1n) is 7.97. The van der Waals surface area contributed by atoms with E-state index >= 15 is 0 Å². The Morgan fingerprint density at radius 1 is 1.20 bits per heavy atom. The normalized spacial score (nSPS) is 19.4. The number of hydrogen-bond donors (Lipinski definition) is 1. The molecule has 1 heterocycles. The molecule has 0 spiro atoms. The van der Waals surface area contributed by atoms with E-state index in [4.69, 9.17) is 4.74 Å². The van der Waals surface area contributed by atoms with Crippen molar-refractivity contribution in [3.63, 3.8) is 0 Å².